The zero-order valence-corrected chi connectivity index (χ0v) is 19.2. The maximum absolute atomic E-state index is 13.6. The molecule has 34 heavy (non-hydrogen) atoms. The van der Waals surface area contributed by atoms with Gasteiger partial charge in [0.2, 0.25) is 10.9 Å². The Morgan fingerprint density at radius 2 is 2.03 bits per heavy atom. The number of para-hydroxylation sites is 2. The molecule has 5 rings (SSSR count). The fourth-order valence-electron chi connectivity index (χ4n) is 4.08. The van der Waals surface area contributed by atoms with E-state index in [1.807, 2.05) is 30.0 Å². The number of aromatic nitrogens is 6. The predicted molar refractivity (Wildman–Crippen MR) is 120 cm³/mol. The molecule has 0 spiro atoms. The summed E-state index contributed by atoms with van der Waals surface area (Å²) >= 11 is 0.599. The zero-order chi connectivity index (χ0) is 24.0. The SMILES string of the molecule is Cc1ncnn1CC(=O)N1CCN(c2sc(C(F)(F)F)nc2-c2nc3ccccc3[nH]2)CC1C. The Balaban J connectivity index is 1.42. The van der Waals surface area contributed by atoms with E-state index in [0.29, 0.717) is 47.3 Å². The van der Waals surface area contributed by atoms with Gasteiger partial charge in [0.05, 0.1) is 11.0 Å². The summed E-state index contributed by atoms with van der Waals surface area (Å²) < 4.78 is 42.2. The predicted octanol–water partition coefficient (Wildman–Crippen LogP) is 3.34. The Morgan fingerprint density at radius 3 is 2.71 bits per heavy atom. The van der Waals surface area contributed by atoms with Gasteiger partial charge in [0.15, 0.2) is 5.82 Å². The van der Waals surface area contributed by atoms with Crippen LogP contribution in [0.4, 0.5) is 18.2 Å². The molecule has 1 aliphatic heterocycles. The van der Waals surface area contributed by atoms with Crippen LogP contribution in [0.1, 0.15) is 17.8 Å². The molecule has 1 aromatic carbocycles. The number of aryl methyl sites for hydroxylation is 1. The topological polar surface area (TPSA) is 95.8 Å². The first-order valence-electron chi connectivity index (χ1n) is 10.6. The number of anilines is 1. The Bertz CT molecular complexity index is 1310. The van der Waals surface area contributed by atoms with Crippen LogP contribution in [0.25, 0.3) is 22.6 Å². The van der Waals surface area contributed by atoms with Crippen LogP contribution in [0.5, 0.6) is 0 Å². The minimum Gasteiger partial charge on any atom is -0.358 e. The van der Waals surface area contributed by atoms with Crippen molar-refractivity contribution in [3.63, 3.8) is 0 Å². The van der Waals surface area contributed by atoms with Crippen molar-refractivity contribution in [2.24, 2.45) is 0 Å². The largest absolute Gasteiger partial charge is 0.443 e. The van der Waals surface area contributed by atoms with Crippen molar-refractivity contribution in [3.8, 4) is 11.5 Å². The summed E-state index contributed by atoms with van der Waals surface area (Å²) in [7, 11) is 0. The fourth-order valence-corrected chi connectivity index (χ4v) is 5.05. The summed E-state index contributed by atoms with van der Waals surface area (Å²) in [6.45, 7) is 4.83. The average Bonchev–Trinajstić information content (AvgIpc) is 3.51. The van der Waals surface area contributed by atoms with E-state index >= 15 is 0 Å². The van der Waals surface area contributed by atoms with E-state index in [4.69, 9.17) is 0 Å². The van der Waals surface area contributed by atoms with Crippen molar-refractivity contribution < 1.29 is 18.0 Å². The summed E-state index contributed by atoms with van der Waals surface area (Å²) in [5.74, 6) is 0.814. The van der Waals surface area contributed by atoms with Gasteiger partial charge in [-0.05, 0) is 26.0 Å². The van der Waals surface area contributed by atoms with Crippen LogP contribution >= 0.6 is 11.3 Å². The van der Waals surface area contributed by atoms with E-state index in [1.165, 1.54) is 11.0 Å². The minimum absolute atomic E-state index is 0.0686. The van der Waals surface area contributed by atoms with Crippen LogP contribution in [0, 0.1) is 6.92 Å². The summed E-state index contributed by atoms with van der Waals surface area (Å²) in [5.41, 5.74) is 1.54. The molecule has 1 amide bonds. The second-order valence-electron chi connectivity index (χ2n) is 8.12. The molecule has 1 unspecified atom stereocenters. The van der Waals surface area contributed by atoms with Gasteiger partial charge >= 0.3 is 6.18 Å². The third-order valence-electron chi connectivity index (χ3n) is 5.79. The van der Waals surface area contributed by atoms with E-state index in [0.717, 1.165) is 5.52 Å². The first kappa shape index (κ1) is 22.3. The number of thiazole rings is 1. The molecule has 1 fully saturated rings. The maximum Gasteiger partial charge on any atom is 0.443 e. The first-order chi connectivity index (χ1) is 16.2. The Morgan fingerprint density at radius 1 is 1.24 bits per heavy atom. The molecular weight excluding hydrogens is 469 g/mol. The van der Waals surface area contributed by atoms with E-state index in [9.17, 15) is 18.0 Å². The fraction of sp³-hybridized carbons (Fsp3) is 0.381. The number of carbonyl (C=O) groups excluding carboxylic acids is 1. The lowest BCUT2D eigenvalue weighted by Crippen LogP contribution is -2.54. The minimum atomic E-state index is -4.57. The average molecular weight is 491 g/mol. The smallest absolute Gasteiger partial charge is 0.358 e. The van der Waals surface area contributed by atoms with Crippen molar-refractivity contribution in [1.82, 2.24) is 34.6 Å². The number of nitrogens with one attached hydrogen (secondary N) is 1. The number of piperazine rings is 1. The van der Waals surface area contributed by atoms with Gasteiger partial charge in [0, 0.05) is 25.7 Å². The van der Waals surface area contributed by atoms with Crippen molar-refractivity contribution in [3.05, 3.63) is 41.4 Å². The zero-order valence-electron chi connectivity index (χ0n) is 18.4. The quantitative estimate of drug-likeness (QED) is 0.472. The number of fused-ring (bicyclic) bond motifs is 1. The maximum atomic E-state index is 13.6. The van der Waals surface area contributed by atoms with Crippen LogP contribution in [0.2, 0.25) is 0 Å². The van der Waals surface area contributed by atoms with Crippen molar-refractivity contribution in [1.29, 1.82) is 0 Å². The number of imidazole rings is 1. The van der Waals surface area contributed by atoms with Crippen LogP contribution in [0.3, 0.4) is 0 Å². The summed E-state index contributed by atoms with van der Waals surface area (Å²) in [6, 6.07) is 7.02. The van der Waals surface area contributed by atoms with Gasteiger partial charge in [-0.2, -0.15) is 18.3 Å². The monoisotopic (exact) mass is 490 g/mol. The summed E-state index contributed by atoms with van der Waals surface area (Å²) in [5, 5.41) is 3.51. The van der Waals surface area contributed by atoms with Gasteiger partial charge in [-0.1, -0.05) is 23.5 Å². The highest BCUT2D eigenvalue weighted by atomic mass is 32.1. The van der Waals surface area contributed by atoms with Crippen molar-refractivity contribution in [2.45, 2.75) is 32.6 Å². The van der Waals surface area contributed by atoms with E-state index in [-0.39, 0.29) is 30.0 Å². The Labute approximate surface area is 196 Å². The molecule has 0 saturated carbocycles. The van der Waals surface area contributed by atoms with E-state index < -0.39 is 11.2 Å². The molecule has 4 heterocycles. The Kier molecular flexibility index (Phi) is 5.50. The standard InChI is InChI=1S/C21H21F3N8OS/c1-12-9-30(7-8-31(12)16(33)10-32-13(2)25-11-26-32)19-17(29-20(34-19)21(22,23)24)18-27-14-5-3-4-6-15(14)28-18/h3-6,11-12H,7-10H2,1-2H3,(H,27,28). The molecule has 1 atom stereocenters. The lowest BCUT2D eigenvalue weighted by atomic mass is 10.2. The van der Waals surface area contributed by atoms with Crippen LogP contribution < -0.4 is 4.90 Å². The number of hydrogen-bond donors (Lipinski definition) is 1. The summed E-state index contributed by atoms with van der Waals surface area (Å²) in [6.07, 6.45) is -3.17. The highest BCUT2D eigenvalue weighted by Gasteiger charge is 2.39. The molecule has 13 heteroatoms. The third kappa shape index (κ3) is 4.11. The number of benzene rings is 1. The molecule has 0 radical (unpaired) electrons. The lowest BCUT2D eigenvalue weighted by Gasteiger charge is -2.40. The van der Waals surface area contributed by atoms with Crippen LogP contribution in [0.15, 0.2) is 30.6 Å². The van der Waals surface area contributed by atoms with Crippen LogP contribution in [-0.4, -0.2) is 66.2 Å². The molecule has 1 N–H and O–H groups in total. The lowest BCUT2D eigenvalue weighted by molar-refractivity contribution is -0.137. The van der Waals surface area contributed by atoms with E-state index in [1.54, 1.807) is 17.9 Å². The molecule has 1 saturated heterocycles. The highest BCUT2D eigenvalue weighted by Crippen LogP contribution is 2.42. The molecular formula is C21H21F3N8OS. The van der Waals surface area contributed by atoms with Gasteiger partial charge in [-0.3, -0.25) is 4.79 Å². The molecule has 178 valence electrons. The number of aromatic amines is 1. The Hall–Kier alpha value is -3.48. The molecule has 1 aliphatic rings. The highest BCUT2D eigenvalue weighted by molar-refractivity contribution is 7.16. The molecule has 0 aliphatic carbocycles. The van der Waals surface area contributed by atoms with Gasteiger partial charge in [-0.25, -0.2) is 19.6 Å². The van der Waals surface area contributed by atoms with Crippen molar-refractivity contribution in [2.75, 3.05) is 24.5 Å². The number of halogens is 3. The normalized spacial score (nSPS) is 17.0. The van der Waals surface area contributed by atoms with E-state index in [2.05, 4.69) is 25.0 Å². The number of nitrogens with zero attached hydrogens (tertiary/aromatic N) is 7. The number of H-pyrrole nitrogens is 1. The number of rotatable bonds is 4. The summed E-state index contributed by atoms with van der Waals surface area (Å²) in [4.78, 5) is 31.9. The molecule has 4 aromatic rings. The molecule has 3 aromatic heterocycles. The second-order valence-corrected chi connectivity index (χ2v) is 9.10. The molecule has 0 bridgehead atoms. The van der Waals surface area contributed by atoms with Crippen LogP contribution in [-0.2, 0) is 17.5 Å². The van der Waals surface area contributed by atoms with Gasteiger partial charge in [0.25, 0.3) is 0 Å². The number of alkyl halides is 3. The first-order valence-corrected chi connectivity index (χ1v) is 11.4. The number of carbonyl (C=O) groups is 1. The number of hydrogen-bond acceptors (Lipinski definition) is 7. The van der Waals surface area contributed by atoms with Gasteiger partial charge in [0.1, 0.15) is 29.4 Å². The van der Waals surface area contributed by atoms with Gasteiger partial charge in [-0.15, -0.1) is 0 Å². The second kappa shape index (κ2) is 8.38. The van der Waals surface area contributed by atoms with Crippen molar-refractivity contribution >= 4 is 33.3 Å². The number of amides is 1. The third-order valence-corrected chi connectivity index (χ3v) is 6.96. The van der Waals surface area contributed by atoms with Gasteiger partial charge < -0.3 is 14.8 Å². The molecule has 9 nitrogen and oxygen atoms in total.